The molecule has 0 aromatic heterocycles. The minimum absolute atomic E-state index is 0.0571. The number of unbranched alkanes of at least 4 members (excludes halogenated alkanes) is 1. The summed E-state index contributed by atoms with van der Waals surface area (Å²) in [6, 6.07) is 19.2. The first-order valence-electron chi connectivity index (χ1n) is 7.96. The second-order valence-corrected chi connectivity index (χ2v) is 6.58. The van der Waals surface area contributed by atoms with E-state index in [1.807, 2.05) is 60.7 Å². The van der Waals surface area contributed by atoms with Crippen molar-refractivity contribution in [3.8, 4) is 0 Å². The summed E-state index contributed by atoms with van der Waals surface area (Å²) in [6.07, 6.45) is 2.35. The molecule has 0 spiro atoms. The Hall–Kier alpha value is -2.03. The van der Waals surface area contributed by atoms with Gasteiger partial charge in [-0.2, -0.15) is 0 Å². The Kier molecular flexibility index (Phi) is 7.10. The quantitative estimate of drug-likeness (QED) is 0.422. The molecule has 0 aliphatic carbocycles. The highest BCUT2D eigenvalue weighted by Crippen LogP contribution is 2.28. The highest BCUT2D eigenvalue weighted by molar-refractivity contribution is 7.27. The van der Waals surface area contributed by atoms with Gasteiger partial charge >= 0.3 is 5.97 Å². The van der Waals surface area contributed by atoms with Gasteiger partial charge in [0.25, 0.3) is 0 Å². The summed E-state index contributed by atoms with van der Waals surface area (Å²) in [5, 5.41) is 8.30. The van der Waals surface area contributed by atoms with Gasteiger partial charge < -0.3 is 9.84 Å². The van der Waals surface area contributed by atoms with Crippen molar-refractivity contribution in [3.63, 3.8) is 0 Å². The van der Waals surface area contributed by atoms with Crippen molar-refractivity contribution in [2.75, 3.05) is 0 Å². The van der Waals surface area contributed by atoms with Gasteiger partial charge in [0.15, 0.2) is 0 Å². The van der Waals surface area contributed by atoms with E-state index in [0.29, 0.717) is 6.42 Å². The monoisotopic (exact) mass is 344 g/mol. The van der Waals surface area contributed by atoms with Crippen LogP contribution in [0.4, 0.5) is 0 Å². The number of rotatable bonds is 9. The molecule has 0 bridgehead atoms. The lowest BCUT2D eigenvalue weighted by molar-refractivity contribution is -0.158. The minimum atomic E-state index is -1.97. The zero-order chi connectivity index (χ0) is 17.3. The molecule has 0 fully saturated rings. The molecule has 24 heavy (non-hydrogen) atoms. The van der Waals surface area contributed by atoms with Crippen LogP contribution >= 0.6 is 8.46 Å². The van der Waals surface area contributed by atoms with Crippen molar-refractivity contribution in [2.24, 2.45) is 0 Å². The zero-order valence-corrected chi connectivity index (χ0v) is 14.3. The summed E-state index contributed by atoms with van der Waals surface area (Å²) in [6.45, 7) is 0.0571. The number of hydrogen-bond donors (Lipinski definition) is 1. The summed E-state index contributed by atoms with van der Waals surface area (Å²) in [5.41, 5.74) is 2.02. The van der Waals surface area contributed by atoms with Gasteiger partial charge in [-0.05, 0) is 36.8 Å². The van der Waals surface area contributed by atoms with Crippen molar-refractivity contribution in [3.05, 3.63) is 71.8 Å². The number of carbonyl (C=O) groups is 1. The maximum absolute atomic E-state index is 12.1. The molecule has 0 aliphatic heterocycles. The lowest BCUT2D eigenvalue weighted by Gasteiger charge is -2.18. The predicted octanol–water partition coefficient (Wildman–Crippen LogP) is 4.12. The van der Waals surface area contributed by atoms with Crippen molar-refractivity contribution in [1.29, 1.82) is 0 Å². The van der Waals surface area contributed by atoms with Crippen LogP contribution in [0.5, 0.6) is 0 Å². The maximum atomic E-state index is 12.1. The third kappa shape index (κ3) is 5.55. The van der Waals surface area contributed by atoms with E-state index in [4.69, 9.17) is 4.74 Å². The fourth-order valence-corrected chi connectivity index (χ4v) is 2.76. The number of ether oxygens (including phenoxy) is 1. The number of esters is 1. The largest absolute Gasteiger partial charge is 0.458 e. The molecule has 0 amide bonds. The van der Waals surface area contributed by atoms with E-state index in [2.05, 4.69) is 0 Å². The second-order valence-electron chi connectivity index (χ2n) is 5.66. The maximum Gasteiger partial charge on any atom is 0.350 e. The average Bonchev–Trinajstić information content (AvgIpc) is 2.64. The van der Waals surface area contributed by atoms with E-state index in [1.54, 1.807) is 0 Å². The van der Waals surface area contributed by atoms with Crippen LogP contribution in [-0.2, 0) is 27.1 Å². The minimum Gasteiger partial charge on any atom is -0.458 e. The predicted molar refractivity (Wildman–Crippen MR) is 92.8 cm³/mol. The first-order chi connectivity index (χ1) is 11.6. The summed E-state index contributed by atoms with van der Waals surface area (Å²) in [7, 11) is -0.624. The number of hydrogen-bond acceptors (Lipinski definition) is 4. The van der Waals surface area contributed by atoms with Gasteiger partial charge in [-0.25, -0.2) is 4.79 Å². The second kappa shape index (κ2) is 9.31. The fourth-order valence-electron chi connectivity index (χ4n) is 2.37. The van der Waals surface area contributed by atoms with E-state index in [0.717, 1.165) is 18.4 Å². The van der Waals surface area contributed by atoms with Crippen LogP contribution in [-0.4, -0.2) is 16.4 Å². The van der Waals surface area contributed by atoms with Crippen LogP contribution in [0.2, 0.25) is 0 Å². The van der Waals surface area contributed by atoms with Gasteiger partial charge in [0.2, 0.25) is 13.8 Å². The molecule has 126 valence electrons. The van der Waals surface area contributed by atoms with E-state index >= 15 is 0 Å². The molecule has 1 atom stereocenters. The molecule has 0 heterocycles. The van der Waals surface area contributed by atoms with Crippen molar-refractivity contribution in [2.45, 2.75) is 37.6 Å². The Morgan fingerprint density at radius 1 is 0.958 bits per heavy atom. The van der Waals surface area contributed by atoms with Gasteiger partial charge in [-0.3, -0.25) is 4.57 Å². The molecule has 2 aromatic carbocycles. The van der Waals surface area contributed by atoms with E-state index in [1.165, 1.54) is 5.56 Å². The smallest absolute Gasteiger partial charge is 0.350 e. The molecule has 1 N–H and O–H groups in total. The van der Waals surface area contributed by atoms with E-state index < -0.39 is 19.8 Å². The normalized spacial score (nSPS) is 13.4. The number of carbonyl (C=O) groups excluding carboxylic acids is 1. The molecule has 2 aromatic rings. The van der Waals surface area contributed by atoms with Crippen LogP contribution in [0.3, 0.4) is 0 Å². The van der Waals surface area contributed by atoms with Crippen LogP contribution < -0.4 is 0 Å². The average molecular weight is 344 g/mol. The topological polar surface area (TPSA) is 63.6 Å². The van der Waals surface area contributed by atoms with E-state index in [9.17, 15) is 14.5 Å². The SMILES string of the molecule is O=P[C@](O)(CCCCc1ccccc1)C(=O)OCc1ccccc1. The van der Waals surface area contributed by atoms with Crippen LogP contribution in [0.15, 0.2) is 60.7 Å². The Morgan fingerprint density at radius 2 is 1.54 bits per heavy atom. The molecule has 4 nitrogen and oxygen atoms in total. The Balaban J connectivity index is 1.79. The number of benzene rings is 2. The lowest BCUT2D eigenvalue weighted by atomic mass is 10.1. The molecule has 0 saturated heterocycles. The molecule has 0 unspecified atom stereocenters. The molecular formula is C19H21O4P. The van der Waals surface area contributed by atoms with Crippen molar-refractivity contribution in [1.82, 2.24) is 0 Å². The Bertz CT molecular complexity index is 645. The Labute approximate surface area is 143 Å². The highest BCUT2D eigenvalue weighted by atomic mass is 31.1. The third-order valence-corrected chi connectivity index (χ3v) is 4.48. The fraction of sp³-hybridized carbons (Fsp3) is 0.316. The lowest BCUT2D eigenvalue weighted by Crippen LogP contribution is -2.34. The van der Waals surface area contributed by atoms with Gasteiger partial charge in [0, 0.05) is 0 Å². The standard InChI is InChI=1S/C19H21O4P/c20-18(23-15-17-12-5-2-6-13-17)19(21,24-22)14-8-7-11-16-9-3-1-4-10-16/h1-6,9-10,12-13,21H,7-8,11,14-15H2/t19-/m1/s1. The van der Waals surface area contributed by atoms with Crippen LogP contribution in [0.1, 0.15) is 30.4 Å². The van der Waals surface area contributed by atoms with Gasteiger partial charge in [-0.15, -0.1) is 0 Å². The molecule has 2 rings (SSSR count). The first kappa shape index (κ1) is 18.3. The van der Waals surface area contributed by atoms with E-state index in [-0.39, 0.29) is 13.0 Å². The zero-order valence-electron chi connectivity index (χ0n) is 13.4. The van der Waals surface area contributed by atoms with Crippen molar-refractivity contribution < 1.29 is 19.2 Å². The summed E-state index contributed by atoms with van der Waals surface area (Å²) in [4.78, 5) is 12.1. The molecular weight excluding hydrogens is 323 g/mol. The van der Waals surface area contributed by atoms with Gasteiger partial charge in [0.05, 0.1) is 0 Å². The first-order valence-corrected chi connectivity index (χ1v) is 8.77. The van der Waals surface area contributed by atoms with Gasteiger partial charge in [0.1, 0.15) is 6.61 Å². The molecule has 5 heteroatoms. The van der Waals surface area contributed by atoms with Gasteiger partial charge in [-0.1, -0.05) is 60.7 Å². The molecule has 0 aliphatic rings. The molecule has 0 saturated carbocycles. The van der Waals surface area contributed by atoms with Crippen LogP contribution in [0.25, 0.3) is 0 Å². The van der Waals surface area contributed by atoms with Crippen molar-refractivity contribution >= 4 is 14.4 Å². The number of aryl methyl sites for hydroxylation is 1. The summed E-state index contributed by atoms with van der Waals surface area (Å²) < 4.78 is 16.4. The van der Waals surface area contributed by atoms with Crippen LogP contribution in [0, 0.1) is 0 Å². The highest BCUT2D eigenvalue weighted by Gasteiger charge is 2.38. The summed E-state index contributed by atoms with van der Waals surface area (Å²) in [5.74, 6) is -0.845. The Morgan fingerprint density at radius 3 is 2.12 bits per heavy atom. The molecule has 0 radical (unpaired) electrons. The number of aliphatic hydroxyl groups is 1. The third-order valence-electron chi connectivity index (χ3n) is 3.77. The summed E-state index contributed by atoms with van der Waals surface area (Å²) >= 11 is 0.